The molecule has 0 spiro atoms. The number of benzene rings is 1. The van der Waals surface area contributed by atoms with E-state index in [-0.39, 0.29) is 12.1 Å². The fraction of sp³-hybridized carbons (Fsp3) is 0.500. The Morgan fingerprint density at radius 1 is 1.32 bits per heavy atom. The summed E-state index contributed by atoms with van der Waals surface area (Å²) in [5.41, 5.74) is 0.347. The van der Waals surface area contributed by atoms with Crippen LogP contribution in [-0.2, 0) is 10.0 Å². The van der Waals surface area contributed by atoms with Crippen LogP contribution in [0.25, 0.3) is 0 Å². The lowest BCUT2D eigenvalue weighted by atomic mass is 9.95. The molecule has 0 radical (unpaired) electrons. The summed E-state index contributed by atoms with van der Waals surface area (Å²) in [6, 6.07) is 2.09. The van der Waals surface area contributed by atoms with Gasteiger partial charge in [-0.15, -0.1) is 0 Å². The number of piperidine rings is 1. The second-order valence-corrected chi connectivity index (χ2v) is 6.69. The molecular formula is C12H16F2N2O2S. The van der Waals surface area contributed by atoms with Gasteiger partial charge in [0.1, 0.15) is 11.6 Å². The molecule has 1 aliphatic heterocycles. The highest BCUT2D eigenvalue weighted by molar-refractivity contribution is 7.89. The van der Waals surface area contributed by atoms with Gasteiger partial charge in [-0.25, -0.2) is 22.3 Å². The Bertz CT molecular complexity index is 582. The largest absolute Gasteiger partial charge is 0.308 e. The van der Waals surface area contributed by atoms with Crippen LogP contribution in [0.5, 0.6) is 0 Å². The van der Waals surface area contributed by atoms with Crippen molar-refractivity contribution in [2.75, 3.05) is 6.54 Å². The molecule has 106 valence electrons. The fourth-order valence-corrected chi connectivity index (χ4v) is 3.15. The number of sulfonamides is 1. The molecule has 2 rings (SSSR count). The van der Waals surface area contributed by atoms with Gasteiger partial charge in [0.15, 0.2) is 0 Å². The molecule has 19 heavy (non-hydrogen) atoms. The van der Waals surface area contributed by atoms with Gasteiger partial charge < -0.3 is 5.32 Å². The third-order valence-electron chi connectivity index (χ3n) is 3.50. The number of nitrogens with two attached hydrogens (primary N) is 1. The van der Waals surface area contributed by atoms with Crippen molar-refractivity contribution in [3.63, 3.8) is 0 Å². The van der Waals surface area contributed by atoms with Crippen molar-refractivity contribution in [2.24, 2.45) is 5.14 Å². The second-order valence-electron chi connectivity index (χ2n) is 4.84. The standard InChI is InChI=1S/C12H16F2N2O2S/c1-7-2-4-9(13)11(12(7)14)10-5-3-8(6-16-10)19(15,17)18/h2,4,8,10,16H,3,5-6H2,1H3,(H2,15,17,18). The average Bonchev–Trinajstić information content (AvgIpc) is 2.34. The molecule has 7 heteroatoms. The number of hydrogen-bond donors (Lipinski definition) is 2. The molecule has 1 fully saturated rings. The Kier molecular flexibility index (Phi) is 3.89. The predicted molar refractivity (Wildman–Crippen MR) is 68.0 cm³/mol. The number of rotatable bonds is 2. The number of aryl methyl sites for hydroxylation is 1. The molecule has 3 N–H and O–H groups in total. The van der Waals surface area contributed by atoms with E-state index in [2.05, 4.69) is 5.32 Å². The maximum atomic E-state index is 14.0. The maximum Gasteiger partial charge on any atom is 0.213 e. The van der Waals surface area contributed by atoms with Crippen molar-refractivity contribution in [2.45, 2.75) is 31.1 Å². The SMILES string of the molecule is Cc1ccc(F)c(C2CCC(S(N)(=O)=O)CN2)c1F. The first-order valence-electron chi connectivity index (χ1n) is 6.00. The first-order valence-corrected chi connectivity index (χ1v) is 7.61. The minimum Gasteiger partial charge on any atom is -0.308 e. The maximum absolute atomic E-state index is 14.0. The fourth-order valence-electron chi connectivity index (χ4n) is 2.35. The van der Waals surface area contributed by atoms with Crippen molar-refractivity contribution in [1.29, 1.82) is 0 Å². The third kappa shape index (κ3) is 2.93. The summed E-state index contributed by atoms with van der Waals surface area (Å²) < 4.78 is 50.1. The van der Waals surface area contributed by atoms with Gasteiger partial charge in [-0.1, -0.05) is 6.07 Å². The summed E-state index contributed by atoms with van der Waals surface area (Å²) >= 11 is 0. The summed E-state index contributed by atoms with van der Waals surface area (Å²) in [4.78, 5) is 0. The lowest BCUT2D eigenvalue weighted by Gasteiger charge is -2.29. The predicted octanol–water partition coefficient (Wildman–Crippen LogP) is 1.35. The van der Waals surface area contributed by atoms with Gasteiger partial charge >= 0.3 is 0 Å². The zero-order chi connectivity index (χ0) is 14.2. The van der Waals surface area contributed by atoms with E-state index in [1.54, 1.807) is 6.92 Å². The van der Waals surface area contributed by atoms with Crippen LogP contribution in [-0.4, -0.2) is 20.2 Å². The van der Waals surface area contributed by atoms with Crippen molar-refractivity contribution < 1.29 is 17.2 Å². The summed E-state index contributed by atoms with van der Waals surface area (Å²) in [6.45, 7) is 1.67. The van der Waals surface area contributed by atoms with Crippen LogP contribution in [0.2, 0.25) is 0 Å². The van der Waals surface area contributed by atoms with E-state index in [1.807, 2.05) is 0 Å². The zero-order valence-electron chi connectivity index (χ0n) is 10.5. The Hall–Kier alpha value is -1.05. The van der Waals surface area contributed by atoms with E-state index >= 15 is 0 Å². The van der Waals surface area contributed by atoms with Crippen molar-refractivity contribution >= 4 is 10.0 Å². The van der Waals surface area contributed by atoms with E-state index in [0.717, 1.165) is 0 Å². The van der Waals surface area contributed by atoms with Crippen LogP contribution >= 0.6 is 0 Å². The Balaban J connectivity index is 2.21. The topological polar surface area (TPSA) is 72.2 Å². The molecule has 1 heterocycles. The van der Waals surface area contributed by atoms with Crippen LogP contribution in [0.4, 0.5) is 8.78 Å². The smallest absolute Gasteiger partial charge is 0.213 e. The van der Waals surface area contributed by atoms with E-state index < -0.39 is 32.9 Å². The minimum absolute atomic E-state index is 0.0205. The molecule has 0 amide bonds. The van der Waals surface area contributed by atoms with Crippen LogP contribution < -0.4 is 10.5 Å². The summed E-state index contributed by atoms with van der Waals surface area (Å²) in [5.74, 6) is -1.19. The molecule has 1 aromatic rings. The van der Waals surface area contributed by atoms with Crippen molar-refractivity contribution in [1.82, 2.24) is 5.32 Å². The van der Waals surface area contributed by atoms with Crippen molar-refractivity contribution in [3.8, 4) is 0 Å². The second kappa shape index (κ2) is 5.15. The first kappa shape index (κ1) is 14.4. The highest BCUT2D eigenvalue weighted by Crippen LogP contribution is 2.30. The molecule has 4 nitrogen and oxygen atoms in total. The average molecular weight is 290 g/mol. The molecule has 1 aromatic carbocycles. The van der Waals surface area contributed by atoms with Crippen molar-refractivity contribution in [3.05, 3.63) is 34.9 Å². The molecule has 0 bridgehead atoms. The van der Waals surface area contributed by atoms with E-state index in [4.69, 9.17) is 5.14 Å². The number of primary sulfonamides is 1. The normalized spacial score (nSPS) is 24.4. The van der Waals surface area contributed by atoms with Gasteiger partial charge in [-0.3, -0.25) is 0 Å². The van der Waals surface area contributed by atoms with Gasteiger partial charge in [-0.2, -0.15) is 0 Å². The molecule has 0 aromatic heterocycles. The van der Waals surface area contributed by atoms with Gasteiger partial charge in [0.2, 0.25) is 10.0 Å². The Labute approximate surface area is 111 Å². The molecule has 2 atom stereocenters. The first-order chi connectivity index (χ1) is 8.80. The van der Waals surface area contributed by atoms with E-state index in [0.29, 0.717) is 18.4 Å². The summed E-state index contributed by atoms with van der Waals surface area (Å²) in [5, 5.41) is 7.23. The molecule has 1 saturated heterocycles. The zero-order valence-corrected chi connectivity index (χ0v) is 11.3. The van der Waals surface area contributed by atoms with Crippen LogP contribution in [0.3, 0.4) is 0 Å². The van der Waals surface area contributed by atoms with Crippen LogP contribution in [0, 0.1) is 18.6 Å². The number of halogens is 2. The van der Waals surface area contributed by atoms with E-state index in [1.165, 1.54) is 12.1 Å². The van der Waals surface area contributed by atoms with Crippen LogP contribution in [0.15, 0.2) is 12.1 Å². The Morgan fingerprint density at radius 2 is 2.00 bits per heavy atom. The number of hydrogen-bond acceptors (Lipinski definition) is 3. The van der Waals surface area contributed by atoms with Gasteiger partial charge in [0.05, 0.1) is 5.25 Å². The van der Waals surface area contributed by atoms with Gasteiger partial charge in [0, 0.05) is 18.2 Å². The summed E-state index contributed by atoms with van der Waals surface area (Å²) in [6.07, 6.45) is 0.627. The molecule has 0 aliphatic carbocycles. The van der Waals surface area contributed by atoms with Gasteiger partial charge in [-0.05, 0) is 31.4 Å². The molecular weight excluding hydrogens is 274 g/mol. The lowest BCUT2D eigenvalue weighted by molar-refractivity contribution is 0.382. The minimum atomic E-state index is -3.61. The van der Waals surface area contributed by atoms with Crippen LogP contribution in [0.1, 0.15) is 30.0 Å². The highest BCUT2D eigenvalue weighted by Gasteiger charge is 2.31. The third-order valence-corrected chi connectivity index (χ3v) is 4.83. The Morgan fingerprint density at radius 3 is 2.53 bits per heavy atom. The summed E-state index contributed by atoms with van der Waals surface area (Å²) in [7, 11) is -3.61. The molecule has 1 aliphatic rings. The van der Waals surface area contributed by atoms with Gasteiger partial charge in [0.25, 0.3) is 0 Å². The quantitative estimate of drug-likeness (QED) is 0.863. The lowest BCUT2D eigenvalue weighted by Crippen LogP contribution is -2.43. The molecule has 2 unspecified atom stereocenters. The molecule has 0 saturated carbocycles. The van der Waals surface area contributed by atoms with E-state index in [9.17, 15) is 17.2 Å². The highest BCUT2D eigenvalue weighted by atomic mass is 32.2. The number of nitrogens with one attached hydrogen (secondary N) is 1. The monoisotopic (exact) mass is 290 g/mol.